The molecule has 15 heavy (non-hydrogen) atoms. The zero-order chi connectivity index (χ0) is 10.7. The van der Waals surface area contributed by atoms with Gasteiger partial charge in [0.15, 0.2) is 0 Å². The molecular formula is C12H18BrNS. The van der Waals surface area contributed by atoms with E-state index in [-0.39, 0.29) is 0 Å². The van der Waals surface area contributed by atoms with Crippen molar-refractivity contribution in [2.45, 2.75) is 38.6 Å². The molecule has 1 atom stereocenters. The number of thiophene rings is 1. The van der Waals surface area contributed by atoms with Crippen LogP contribution in [0.2, 0.25) is 0 Å². The quantitative estimate of drug-likeness (QED) is 0.849. The number of hydrogen-bond acceptors (Lipinski definition) is 2. The Morgan fingerprint density at radius 1 is 1.60 bits per heavy atom. The Labute approximate surface area is 104 Å². The fourth-order valence-corrected chi connectivity index (χ4v) is 3.33. The summed E-state index contributed by atoms with van der Waals surface area (Å²) >= 11 is 5.34. The van der Waals surface area contributed by atoms with Crippen molar-refractivity contribution in [3.8, 4) is 0 Å². The molecule has 0 spiro atoms. The second kappa shape index (κ2) is 5.46. The van der Waals surface area contributed by atoms with E-state index in [1.807, 2.05) is 0 Å². The maximum absolute atomic E-state index is 3.69. The Kier molecular flexibility index (Phi) is 4.23. The molecule has 1 nitrogen and oxygen atoms in total. The second-order valence-electron chi connectivity index (χ2n) is 4.31. The van der Waals surface area contributed by atoms with Gasteiger partial charge in [0.05, 0.1) is 3.79 Å². The van der Waals surface area contributed by atoms with Crippen molar-refractivity contribution in [2.75, 3.05) is 6.54 Å². The average molecular weight is 288 g/mol. The Balaban J connectivity index is 2.03. The van der Waals surface area contributed by atoms with Gasteiger partial charge in [-0.1, -0.05) is 13.3 Å². The molecule has 0 bridgehead atoms. The average Bonchev–Trinajstić information content (AvgIpc) is 2.56. The van der Waals surface area contributed by atoms with Gasteiger partial charge in [0.25, 0.3) is 0 Å². The topological polar surface area (TPSA) is 12.0 Å². The van der Waals surface area contributed by atoms with Crippen molar-refractivity contribution >= 4 is 27.3 Å². The molecule has 0 saturated heterocycles. The molecule has 1 aromatic heterocycles. The van der Waals surface area contributed by atoms with Crippen LogP contribution in [-0.4, -0.2) is 6.54 Å². The molecule has 0 aliphatic heterocycles. The van der Waals surface area contributed by atoms with Crippen molar-refractivity contribution in [3.63, 3.8) is 0 Å². The summed E-state index contributed by atoms with van der Waals surface area (Å²) in [6, 6.07) is 2.87. The predicted molar refractivity (Wildman–Crippen MR) is 70.4 cm³/mol. The molecule has 1 aliphatic rings. The highest BCUT2D eigenvalue weighted by atomic mass is 79.9. The van der Waals surface area contributed by atoms with Crippen molar-refractivity contribution in [1.29, 1.82) is 0 Å². The molecule has 0 amide bonds. The standard InChI is InChI=1S/C12H18BrNS/c1-2-6-14-12(9-4-3-5-9)10-7-11(13)15-8-10/h7-9,12,14H,2-6H2,1H3. The number of hydrogen-bond donors (Lipinski definition) is 1. The van der Waals surface area contributed by atoms with Gasteiger partial charge in [-0.2, -0.15) is 0 Å². The summed E-state index contributed by atoms with van der Waals surface area (Å²) < 4.78 is 1.25. The van der Waals surface area contributed by atoms with Gasteiger partial charge in [0.2, 0.25) is 0 Å². The first-order valence-corrected chi connectivity index (χ1v) is 7.46. The first-order valence-electron chi connectivity index (χ1n) is 5.78. The third-order valence-corrected chi connectivity index (χ3v) is 4.71. The van der Waals surface area contributed by atoms with Crippen molar-refractivity contribution in [2.24, 2.45) is 5.92 Å². The van der Waals surface area contributed by atoms with E-state index >= 15 is 0 Å². The minimum absolute atomic E-state index is 0.598. The van der Waals surface area contributed by atoms with Crippen LogP contribution in [0.1, 0.15) is 44.2 Å². The maximum Gasteiger partial charge on any atom is 0.0701 e. The lowest BCUT2D eigenvalue weighted by atomic mass is 9.77. The monoisotopic (exact) mass is 287 g/mol. The summed E-state index contributed by atoms with van der Waals surface area (Å²) in [7, 11) is 0. The minimum Gasteiger partial charge on any atom is -0.310 e. The third-order valence-electron chi connectivity index (χ3n) is 3.18. The van der Waals surface area contributed by atoms with Crippen LogP contribution in [0, 0.1) is 5.92 Å². The van der Waals surface area contributed by atoms with Gasteiger partial charge in [-0.3, -0.25) is 0 Å². The number of rotatable bonds is 5. The van der Waals surface area contributed by atoms with Crippen LogP contribution >= 0.6 is 27.3 Å². The minimum atomic E-state index is 0.598. The summed E-state index contributed by atoms with van der Waals surface area (Å²) in [6.45, 7) is 3.36. The van der Waals surface area contributed by atoms with Gasteiger partial charge in [-0.25, -0.2) is 0 Å². The zero-order valence-electron chi connectivity index (χ0n) is 9.13. The first kappa shape index (κ1) is 11.6. The van der Waals surface area contributed by atoms with E-state index in [4.69, 9.17) is 0 Å². The van der Waals surface area contributed by atoms with Gasteiger partial charge >= 0.3 is 0 Å². The van der Waals surface area contributed by atoms with Crippen LogP contribution in [-0.2, 0) is 0 Å². The van der Waals surface area contributed by atoms with Gasteiger partial charge in [0.1, 0.15) is 0 Å². The lowest BCUT2D eigenvalue weighted by Crippen LogP contribution is -2.32. The predicted octanol–water partition coefficient (Wildman–Crippen LogP) is 4.35. The molecular weight excluding hydrogens is 270 g/mol. The molecule has 2 rings (SSSR count). The van der Waals surface area contributed by atoms with E-state index in [2.05, 4.69) is 39.6 Å². The van der Waals surface area contributed by atoms with Crippen LogP contribution in [0.25, 0.3) is 0 Å². The van der Waals surface area contributed by atoms with Gasteiger partial charge in [-0.15, -0.1) is 11.3 Å². The fraction of sp³-hybridized carbons (Fsp3) is 0.667. The SMILES string of the molecule is CCCNC(c1csc(Br)c1)C1CCC1. The fourth-order valence-electron chi connectivity index (χ4n) is 2.12. The summed E-state index contributed by atoms with van der Waals surface area (Å²) in [5.41, 5.74) is 1.48. The smallest absolute Gasteiger partial charge is 0.0701 e. The highest BCUT2D eigenvalue weighted by Crippen LogP contribution is 2.39. The largest absolute Gasteiger partial charge is 0.310 e. The van der Waals surface area contributed by atoms with Crippen LogP contribution < -0.4 is 5.32 Å². The number of nitrogens with one attached hydrogen (secondary N) is 1. The van der Waals surface area contributed by atoms with E-state index in [0.29, 0.717) is 6.04 Å². The summed E-state index contributed by atoms with van der Waals surface area (Å²) in [5.74, 6) is 0.873. The highest BCUT2D eigenvalue weighted by molar-refractivity contribution is 9.11. The van der Waals surface area contributed by atoms with Gasteiger partial charge < -0.3 is 5.32 Å². The van der Waals surface area contributed by atoms with Gasteiger partial charge in [0, 0.05) is 6.04 Å². The maximum atomic E-state index is 3.69. The van der Waals surface area contributed by atoms with E-state index in [9.17, 15) is 0 Å². The normalized spacial score (nSPS) is 18.8. The molecule has 1 fully saturated rings. The van der Waals surface area contributed by atoms with Crippen LogP contribution in [0.5, 0.6) is 0 Å². The summed E-state index contributed by atoms with van der Waals surface area (Å²) in [4.78, 5) is 0. The first-order chi connectivity index (χ1) is 7.31. The Morgan fingerprint density at radius 3 is 2.87 bits per heavy atom. The molecule has 1 N–H and O–H groups in total. The van der Waals surface area contributed by atoms with E-state index < -0.39 is 0 Å². The Hall–Kier alpha value is 0.140. The van der Waals surface area contributed by atoms with E-state index in [1.165, 1.54) is 35.0 Å². The van der Waals surface area contributed by atoms with Crippen LogP contribution in [0.15, 0.2) is 15.2 Å². The second-order valence-corrected chi connectivity index (χ2v) is 6.60. The molecule has 1 aliphatic carbocycles. The third kappa shape index (κ3) is 2.83. The van der Waals surface area contributed by atoms with Crippen molar-refractivity contribution in [3.05, 3.63) is 20.8 Å². The molecule has 1 saturated carbocycles. The lowest BCUT2D eigenvalue weighted by Gasteiger charge is -2.34. The molecule has 3 heteroatoms. The summed E-state index contributed by atoms with van der Waals surface area (Å²) in [6.07, 6.45) is 5.43. The zero-order valence-corrected chi connectivity index (χ0v) is 11.5. The lowest BCUT2D eigenvalue weighted by molar-refractivity contribution is 0.231. The molecule has 0 aromatic carbocycles. The van der Waals surface area contributed by atoms with E-state index in [0.717, 1.165) is 12.5 Å². The van der Waals surface area contributed by atoms with E-state index in [1.54, 1.807) is 11.3 Å². The Morgan fingerprint density at radius 2 is 2.40 bits per heavy atom. The Bertz CT molecular complexity index is 306. The number of halogens is 1. The van der Waals surface area contributed by atoms with Crippen LogP contribution in [0.4, 0.5) is 0 Å². The van der Waals surface area contributed by atoms with Crippen molar-refractivity contribution < 1.29 is 0 Å². The molecule has 84 valence electrons. The molecule has 1 heterocycles. The molecule has 1 aromatic rings. The molecule has 1 unspecified atom stereocenters. The molecule has 0 radical (unpaired) electrons. The van der Waals surface area contributed by atoms with Gasteiger partial charge in [-0.05, 0) is 64.7 Å². The highest BCUT2D eigenvalue weighted by Gasteiger charge is 2.28. The van der Waals surface area contributed by atoms with Crippen molar-refractivity contribution in [1.82, 2.24) is 5.32 Å². The van der Waals surface area contributed by atoms with Crippen LogP contribution in [0.3, 0.4) is 0 Å². The summed E-state index contributed by atoms with van der Waals surface area (Å²) in [5, 5.41) is 5.97.